The van der Waals surface area contributed by atoms with Gasteiger partial charge in [0.1, 0.15) is 17.4 Å². The molecule has 3 N–H and O–H groups in total. The maximum Gasteiger partial charge on any atom is 0.131 e. The molecule has 3 nitrogen and oxygen atoms in total. The zero-order valence-electron chi connectivity index (χ0n) is 11.6. The molecule has 0 aliphatic carbocycles. The predicted molar refractivity (Wildman–Crippen MR) is 76.1 cm³/mol. The van der Waals surface area contributed by atoms with Gasteiger partial charge in [0.05, 0.1) is 18.8 Å². The molecule has 0 heterocycles. The molecule has 0 spiro atoms. The molecule has 21 heavy (non-hydrogen) atoms. The molecule has 5 heteroatoms. The smallest absolute Gasteiger partial charge is 0.131 e. The number of aliphatic hydroxyl groups is 1. The molecule has 112 valence electrons. The summed E-state index contributed by atoms with van der Waals surface area (Å²) >= 11 is 0. The predicted octanol–water partition coefficient (Wildman–Crippen LogP) is 2.75. The number of methoxy groups -OCH3 is 1. The van der Waals surface area contributed by atoms with Gasteiger partial charge in [-0.25, -0.2) is 8.78 Å². The number of hydrogen-bond acceptors (Lipinski definition) is 3. The average molecular weight is 293 g/mol. The average Bonchev–Trinajstić information content (AvgIpc) is 2.48. The molecule has 2 aromatic rings. The third kappa shape index (κ3) is 3.04. The lowest BCUT2D eigenvalue weighted by atomic mass is 9.88. The second-order valence-corrected chi connectivity index (χ2v) is 4.66. The van der Waals surface area contributed by atoms with Crippen LogP contribution < -0.4 is 10.5 Å². The van der Waals surface area contributed by atoms with Crippen molar-refractivity contribution in [1.82, 2.24) is 0 Å². The van der Waals surface area contributed by atoms with Crippen LogP contribution in [0.2, 0.25) is 0 Å². The summed E-state index contributed by atoms with van der Waals surface area (Å²) in [6, 6.07) is 10.4. The van der Waals surface area contributed by atoms with Crippen LogP contribution in [0.1, 0.15) is 23.1 Å². The molecule has 0 fully saturated rings. The first-order valence-corrected chi connectivity index (χ1v) is 6.55. The van der Waals surface area contributed by atoms with E-state index in [9.17, 15) is 13.9 Å². The monoisotopic (exact) mass is 293 g/mol. The molecule has 2 unspecified atom stereocenters. The van der Waals surface area contributed by atoms with Crippen molar-refractivity contribution in [1.29, 1.82) is 0 Å². The molecule has 2 rings (SSSR count). The summed E-state index contributed by atoms with van der Waals surface area (Å²) in [5.74, 6) is -1.75. The quantitative estimate of drug-likeness (QED) is 0.891. The standard InChI is InChI=1S/C16H17F2NO2/c1-21-14-8-3-2-5-10(14)11(9-19)16(20)15-12(17)6-4-7-13(15)18/h2-8,11,16,20H,9,19H2,1H3. The van der Waals surface area contributed by atoms with Gasteiger partial charge in [-0.15, -0.1) is 0 Å². The Kier molecular flexibility index (Phi) is 4.88. The number of ether oxygens (including phenoxy) is 1. The Bertz CT molecular complexity index is 599. The van der Waals surface area contributed by atoms with E-state index in [1.807, 2.05) is 0 Å². The first-order valence-electron chi connectivity index (χ1n) is 6.55. The summed E-state index contributed by atoms with van der Waals surface area (Å²) in [5, 5.41) is 10.4. The van der Waals surface area contributed by atoms with E-state index in [1.54, 1.807) is 24.3 Å². The largest absolute Gasteiger partial charge is 0.496 e. The van der Waals surface area contributed by atoms with Gasteiger partial charge in [-0.05, 0) is 18.2 Å². The highest BCUT2D eigenvalue weighted by molar-refractivity contribution is 5.39. The lowest BCUT2D eigenvalue weighted by Crippen LogP contribution is -2.22. The van der Waals surface area contributed by atoms with Crippen LogP contribution in [0.25, 0.3) is 0 Å². The summed E-state index contributed by atoms with van der Waals surface area (Å²) in [6.07, 6.45) is -1.40. The number of hydrogen-bond donors (Lipinski definition) is 2. The summed E-state index contributed by atoms with van der Waals surface area (Å²) < 4.78 is 32.9. The lowest BCUT2D eigenvalue weighted by Gasteiger charge is -2.24. The number of para-hydroxylation sites is 1. The van der Waals surface area contributed by atoms with Crippen molar-refractivity contribution in [3.8, 4) is 5.75 Å². The zero-order chi connectivity index (χ0) is 15.4. The first-order chi connectivity index (χ1) is 10.1. The van der Waals surface area contributed by atoms with Gasteiger partial charge in [0.25, 0.3) is 0 Å². The Morgan fingerprint density at radius 3 is 2.29 bits per heavy atom. The van der Waals surface area contributed by atoms with Gasteiger partial charge < -0.3 is 15.6 Å². The third-order valence-corrected chi connectivity index (χ3v) is 3.47. The van der Waals surface area contributed by atoms with Gasteiger partial charge in [0.15, 0.2) is 0 Å². The van der Waals surface area contributed by atoms with Crippen LogP contribution >= 0.6 is 0 Å². The summed E-state index contributed by atoms with van der Waals surface area (Å²) in [7, 11) is 1.49. The summed E-state index contributed by atoms with van der Waals surface area (Å²) in [5.41, 5.74) is 5.94. The van der Waals surface area contributed by atoms with Crippen LogP contribution in [0.5, 0.6) is 5.75 Å². The van der Waals surface area contributed by atoms with Crippen LogP contribution in [0, 0.1) is 11.6 Å². The van der Waals surface area contributed by atoms with Gasteiger partial charge in [0, 0.05) is 18.0 Å². The van der Waals surface area contributed by atoms with E-state index in [4.69, 9.17) is 10.5 Å². The molecule has 0 aromatic heterocycles. The van der Waals surface area contributed by atoms with E-state index >= 15 is 0 Å². The van der Waals surface area contributed by atoms with E-state index in [1.165, 1.54) is 13.2 Å². The minimum Gasteiger partial charge on any atom is -0.496 e. The molecule has 2 aromatic carbocycles. The summed E-state index contributed by atoms with van der Waals surface area (Å²) in [4.78, 5) is 0. The molecule has 0 saturated carbocycles. The van der Waals surface area contributed by atoms with Crippen molar-refractivity contribution in [3.63, 3.8) is 0 Å². The SMILES string of the molecule is COc1ccccc1C(CN)C(O)c1c(F)cccc1F. The molecule has 0 bridgehead atoms. The number of rotatable bonds is 5. The Morgan fingerprint density at radius 2 is 1.71 bits per heavy atom. The molecular formula is C16H17F2NO2. The van der Waals surface area contributed by atoms with Crippen molar-refractivity contribution >= 4 is 0 Å². The fourth-order valence-corrected chi connectivity index (χ4v) is 2.39. The first kappa shape index (κ1) is 15.4. The normalized spacial score (nSPS) is 13.8. The fraction of sp³-hybridized carbons (Fsp3) is 0.250. The Morgan fingerprint density at radius 1 is 1.10 bits per heavy atom. The second kappa shape index (κ2) is 6.65. The van der Waals surface area contributed by atoms with Crippen molar-refractivity contribution < 1.29 is 18.6 Å². The van der Waals surface area contributed by atoms with E-state index < -0.39 is 23.7 Å². The third-order valence-electron chi connectivity index (χ3n) is 3.47. The minimum atomic E-state index is -1.40. The van der Waals surface area contributed by atoms with E-state index in [0.717, 1.165) is 12.1 Å². The van der Waals surface area contributed by atoms with Crippen molar-refractivity contribution in [3.05, 3.63) is 65.2 Å². The van der Waals surface area contributed by atoms with Gasteiger partial charge in [-0.3, -0.25) is 0 Å². The van der Waals surface area contributed by atoms with E-state index in [2.05, 4.69) is 0 Å². The zero-order valence-corrected chi connectivity index (χ0v) is 11.6. The van der Waals surface area contributed by atoms with Crippen molar-refractivity contribution in [2.45, 2.75) is 12.0 Å². The van der Waals surface area contributed by atoms with Crippen LogP contribution in [0.4, 0.5) is 8.78 Å². The van der Waals surface area contributed by atoms with Gasteiger partial charge in [-0.2, -0.15) is 0 Å². The molecule has 0 saturated heterocycles. The number of aliphatic hydroxyl groups excluding tert-OH is 1. The van der Waals surface area contributed by atoms with Crippen LogP contribution in [0.3, 0.4) is 0 Å². The Balaban J connectivity index is 2.46. The number of benzene rings is 2. The van der Waals surface area contributed by atoms with Gasteiger partial charge >= 0.3 is 0 Å². The van der Waals surface area contributed by atoms with Gasteiger partial charge in [0.2, 0.25) is 0 Å². The summed E-state index contributed by atoms with van der Waals surface area (Å²) in [6.45, 7) is 0.0231. The number of nitrogens with two attached hydrogens (primary N) is 1. The molecule has 0 radical (unpaired) electrons. The number of halogens is 2. The highest BCUT2D eigenvalue weighted by atomic mass is 19.1. The highest BCUT2D eigenvalue weighted by Crippen LogP contribution is 2.37. The topological polar surface area (TPSA) is 55.5 Å². The highest BCUT2D eigenvalue weighted by Gasteiger charge is 2.28. The Labute approximate surface area is 122 Å². The molecule has 0 aliphatic rings. The van der Waals surface area contributed by atoms with Crippen LogP contribution in [0.15, 0.2) is 42.5 Å². The molecule has 2 atom stereocenters. The maximum absolute atomic E-state index is 13.8. The molecule has 0 aliphatic heterocycles. The van der Waals surface area contributed by atoms with Crippen LogP contribution in [-0.2, 0) is 0 Å². The molecular weight excluding hydrogens is 276 g/mol. The van der Waals surface area contributed by atoms with Gasteiger partial charge in [-0.1, -0.05) is 24.3 Å². The lowest BCUT2D eigenvalue weighted by molar-refractivity contribution is 0.137. The Hall–Kier alpha value is -1.98. The van der Waals surface area contributed by atoms with Crippen molar-refractivity contribution in [2.75, 3.05) is 13.7 Å². The fourth-order valence-electron chi connectivity index (χ4n) is 2.39. The van der Waals surface area contributed by atoms with Crippen molar-refractivity contribution in [2.24, 2.45) is 5.73 Å². The molecule has 0 amide bonds. The minimum absolute atomic E-state index is 0.0231. The van der Waals surface area contributed by atoms with E-state index in [-0.39, 0.29) is 12.1 Å². The van der Waals surface area contributed by atoms with E-state index in [0.29, 0.717) is 11.3 Å². The van der Waals surface area contributed by atoms with Crippen LogP contribution in [-0.4, -0.2) is 18.8 Å². The second-order valence-electron chi connectivity index (χ2n) is 4.66. The maximum atomic E-state index is 13.8.